The number of cyclic esters (lactones) is 1. The number of ether oxygens (including phenoxy) is 5. The van der Waals surface area contributed by atoms with Crippen LogP contribution in [0.3, 0.4) is 0 Å². The van der Waals surface area contributed by atoms with Crippen LogP contribution in [0.15, 0.2) is 11.1 Å². The fourth-order valence-corrected chi connectivity index (χ4v) is 11.2. The highest BCUT2D eigenvalue weighted by Crippen LogP contribution is 2.69. The molecule has 14 heteroatoms. The molecule has 49 heavy (non-hydrogen) atoms. The van der Waals surface area contributed by atoms with Gasteiger partial charge in [0.05, 0.1) is 31.3 Å². The molecule has 3 aliphatic heterocycles. The summed E-state index contributed by atoms with van der Waals surface area (Å²) in [5, 5.41) is 84.8. The van der Waals surface area contributed by atoms with Gasteiger partial charge in [0.1, 0.15) is 55.4 Å². The summed E-state index contributed by atoms with van der Waals surface area (Å²) < 4.78 is 29.1. The average Bonchev–Trinajstić information content (AvgIpc) is 3.63. The standard InChI is InChI=1S/C35H54O14/c1-33-8-5-18(46-32-30(28(42)26(40)23(14-37)48-32)49-31-29(43)27(41)25(39)22(13-36)47-31)12-17(33)3-4-21-20(33)6-9-34(2)19(7-10-35(21,34)44)16-11-24(38)45-15-16/h17-18,20-23,25-32,36-37,39-44H,3-15H2,1-2H3/b19-16+. The molecule has 0 bridgehead atoms. The van der Waals surface area contributed by atoms with Crippen LogP contribution in [0.25, 0.3) is 0 Å². The van der Waals surface area contributed by atoms with E-state index in [1.54, 1.807) is 0 Å². The number of fused-ring (bicyclic) bond motifs is 5. The number of carbonyl (C=O) groups is 1. The second-order valence-electron chi connectivity index (χ2n) is 16.2. The van der Waals surface area contributed by atoms with Crippen molar-refractivity contribution in [2.75, 3.05) is 19.8 Å². The van der Waals surface area contributed by atoms with Crippen molar-refractivity contribution in [3.63, 3.8) is 0 Å². The minimum absolute atomic E-state index is 0.0365. The fourth-order valence-electron chi connectivity index (χ4n) is 11.2. The van der Waals surface area contributed by atoms with E-state index in [-0.39, 0.29) is 34.7 Å². The Morgan fingerprint density at radius 3 is 2.14 bits per heavy atom. The molecule has 17 unspecified atom stereocenters. The number of hydrogen-bond acceptors (Lipinski definition) is 14. The van der Waals surface area contributed by atoms with Gasteiger partial charge in [-0.2, -0.15) is 0 Å². The van der Waals surface area contributed by atoms with E-state index >= 15 is 0 Å². The average molecular weight is 699 g/mol. The topological polar surface area (TPSA) is 225 Å². The Balaban J connectivity index is 1.06. The lowest BCUT2D eigenvalue weighted by molar-refractivity contribution is -0.373. The van der Waals surface area contributed by atoms with Crippen LogP contribution in [-0.4, -0.2) is 140 Å². The van der Waals surface area contributed by atoms with Gasteiger partial charge in [0.15, 0.2) is 12.6 Å². The summed E-state index contributed by atoms with van der Waals surface area (Å²) in [6.07, 6.45) is -7.60. The molecule has 0 radical (unpaired) electrons. The van der Waals surface area contributed by atoms with E-state index in [4.69, 9.17) is 23.7 Å². The van der Waals surface area contributed by atoms with Crippen LogP contribution in [0.4, 0.5) is 0 Å². The van der Waals surface area contributed by atoms with Crippen molar-refractivity contribution in [1.29, 1.82) is 0 Å². The lowest BCUT2D eigenvalue weighted by atomic mass is 9.43. The van der Waals surface area contributed by atoms with Crippen LogP contribution in [0.2, 0.25) is 0 Å². The smallest absolute Gasteiger partial charge is 0.310 e. The molecule has 7 aliphatic rings. The van der Waals surface area contributed by atoms with E-state index < -0.39 is 80.2 Å². The minimum atomic E-state index is -1.74. The van der Waals surface area contributed by atoms with Gasteiger partial charge in [0.2, 0.25) is 0 Å². The molecule has 278 valence electrons. The summed E-state index contributed by atoms with van der Waals surface area (Å²) >= 11 is 0. The van der Waals surface area contributed by atoms with Crippen molar-refractivity contribution in [2.45, 2.75) is 151 Å². The van der Waals surface area contributed by atoms with E-state index in [0.29, 0.717) is 38.2 Å². The molecule has 4 saturated carbocycles. The Morgan fingerprint density at radius 2 is 1.47 bits per heavy atom. The van der Waals surface area contributed by atoms with Gasteiger partial charge in [0, 0.05) is 5.41 Å². The molecule has 0 aromatic rings. The van der Waals surface area contributed by atoms with Gasteiger partial charge in [-0.3, -0.25) is 4.79 Å². The van der Waals surface area contributed by atoms with Crippen LogP contribution in [0, 0.1) is 28.6 Å². The Bertz CT molecular complexity index is 1280. The van der Waals surface area contributed by atoms with Crippen LogP contribution < -0.4 is 0 Å². The quantitative estimate of drug-likeness (QED) is 0.0986. The molecule has 0 spiro atoms. The summed E-state index contributed by atoms with van der Waals surface area (Å²) in [6.45, 7) is 3.61. The van der Waals surface area contributed by atoms with Crippen molar-refractivity contribution >= 4 is 5.97 Å². The number of aliphatic hydroxyl groups excluding tert-OH is 7. The summed E-state index contributed by atoms with van der Waals surface area (Å²) in [6, 6.07) is 0. The van der Waals surface area contributed by atoms with Gasteiger partial charge in [0.25, 0.3) is 0 Å². The molecule has 8 N–H and O–H groups in total. The Hall–Kier alpha value is -1.27. The van der Waals surface area contributed by atoms with E-state index in [2.05, 4.69) is 13.8 Å². The summed E-state index contributed by atoms with van der Waals surface area (Å²) in [5.41, 5.74) is 1.03. The highest BCUT2D eigenvalue weighted by molar-refractivity contribution is 5.76. The van der Waals surface area contributed by atoms with Crippen LogP contribution >= 0.6 is 0 Å². The van der Waals surface area contributed by atoms with E-state index in [9.17, 15) is 45.6 Å². The molecule has 3 heterocycles. The molecule has 0 aromatic carbocycles. The maximum Gasteiger partial charge on any atom is 0.310 e. The molecule has 0 amide bonds. The third-order valence-corrected chi connectivity index (χ3v) is 14.1. The summed E-state index contributed by atoms with van der Waals surface area (Å²) in [7, 11) is 0. The van der Waals surface area contributed by atoms with Crippen molar-refractivity contribution in [2.24, 2.45) is 28.6 Å². The zero-order valence-corrected chi connectivity index (χ0v) is 28.3. The number of esters is 1. The molecule has 3 saturated heterocycles. The number of rotatable bonds is 6. The molecular formula is C35H54O14. The second kappa shape index (κ2) is 13.3. The minimum Gasteiger partial charge on any atom is -0.461 e. The molecule has 7 fully saturated rings. The molecule has 0 aromatic heterocycles. The lowest BCUT2D eigenvalue weighted by Crippen LogP contribution is -2.65. The first-order valence-electron chi connectivity index (χ1n) is 18.1. The molecule has 4 aliphatic carbocycles. The van der Waals surface area contributed by atoms with Crippen LogP contribution in [0.1, 0.15) is 78.1 Å². The van der Waals surface area contributed by atoms with Crippen LogP contribution in [0.5, 0.6) is 0 Å². The fraction of sp³-hybridized carbons (Fsp3) is 0.914. The van der Waals surface area contributed by atoms with Gasteiger partial charge in [-0.1, -0.05) is 19.4 Å². The van der Waals surface area contributed by atoms with E-state index in [1.807, 2.05) is 0 Å². The predicted molar refractivity (Wildman–Crippen MR) is 167 cm³/mol. The Labute approximate surface area is 285 Å². The first-order valence-corrected chi connectivity index (χ1v) is 18.1. The van der Waals surface area contributed by atoms with Gasteiger partial charge < -0.3 is 64.5 Å². The van der Waals surface area contributed by atoms with E-state index in [1.165, 1.54) is 5.57 Å². The van der Waals surface area contributed by atoms with Gasteiger partial charge in [-0.15, -0.1) is 0 Å². The van der Waals surface area contributed by atoms with Crippen LogP contribution in [-0.2, 0) is 28.5 Å². The number of aliphatic hydroxyl groups is 8. The van der Waals surface area contributed by atoms with Crippen molar-refractivity contribution in [3.05, 3.63) is 11.1 Å². The largest absolute Gasteiger partial charge is 0.461 e. The maximum atomic E-state index is 12.5. The van der Waals surface area contributed by atoms with Gasteiger partial charge >= 0.3 is 5.97 Å². The van der Waals surface area contributed by atoms with Gasteiger partial charge in [-0.25, -0.2) is 0 Å². The van der Waals surface area contributed by atoms with Crippen molar-refractivity contribution < 1.29 is 69.3 Å². The second-order valence-corrected chi connectivity index (χ2v) is 16.2. The lowest BCUT2D eigenvalue weighted by Gasteiger charge is -2.63. The molecule has 17 atom stereocenters. The normalized spacial score (nSPS) is 54.6. The molecule has 14 nitrogen and oxygen atoms in total. The first kappa shape index (κ1) is 36.1. The predicted octanol–water partition coefficient (Wildman–Crippen LogP) is -0.603. The monoisotopic (exact) mass is 698 g/mol. The first-order chi connectivity index (χ1) is 23.3. The van der Waals surface area contributed by atoms with E-state index in [0.717, 1.165) is 44.1 Å². The summed E-state index contributed by atoms with van der Waals surface area (Å²) in [5.74, 6) is 0.560. The molecule has 7 rings (SSSR count). The Morgan fingerprint density at radius 1 is 0.776 bits per heavy atom. The third-order valence-electron chi connectivity index (χ3n) is 14.1. The van der Waals surface area contributed by atoms with Crippen molar-refractivity contribution in [3.8, 4) is 0 Å². The zero-order valence-electron chi connectivity index (χ0n) is 28.3. The highest BCUT2D eigenvalue weighted by atomic mass is 16.8. The maximum absolute atomic E-state index is 12.5. The third kappa shape index (κ3) is 5.73. The Kier molecular flexibility index (Phi) is 9.80. The van der Waals surface area contributed by atoms with Crippen molar-refractivity contribution in [1.82, 2.24) is 0 Å². The number of carbonyl (C=O) groups excluding carboxylic acids is 1. The summed E-state index contributed by atoms with van der Waals surface area (Å²) in [4.78, 5) is 11.9. The van der Waals surface area contributed by atoms with Gasteiger partial charge in [-0.05, 0) is 86.5 Å². The highest BCUT2D eigenvalue weighted by Gasteiger charge is 2.66. The zero-order chi connectivity index (χ0) is 35.0. The SMILES string of the molecule is CC12CCC(OC3OC(CO)C(O)C(O)C3OC3OC(CO)C(O)C(O)C3O)CC1CCC1C2CCC2(C)/C(=C3/COC(=O)C3)CCC12O. The number of hydrogen-bond donors (Lipinski definition) is 8. The molecular weight excluding hydrogens is 644 g/mol.